The molecular formula is C30H27N3O2S. The molecule has 0 bridgehead atoms. The molecule has 0 aliphatic heterocycles. The van der Waals surface area contributed by atoms with Gasteiger partial charge in [0.05, 0.1) is 0 Å². The van der Waals surface area contributed by atoms with Crippen LogP contribution >= 0.6 is 11.8 Å². The number of hydrogen-bond donors (Lipinski definition) is 0. The molecule has 0 unspecified atom stereocenters. The highest BCUT2D eigenvalue weighted by Gasteiger charge is 2.08. The van der Waals surface area contributed by atoms with Crippen molar-refractivity contribution in [1.29, 1.82) is 0 Å². The van der Waals surface area contributed by atoms with Crippen LogP contribution in [0.4, 0.5) is 0 Å². The van der Waals surface area contributed by atoms with Gasteiger partial charge in [-0.25, -0.2) is 0 Å². The number of benzene rings is 3. The summed E-state index contributed by atoms with van der Waals surface area (Å²) in [6, 6.07) is 30.7. The molecule has 0 saturated heterocycles. The SMILES string of the molecule is C(=Cc1ccccc1)COc1nc(OCC=Cc2ccccc2)nc(SCC=Cc2ccccc2)n1. The fraction of sp³-hybridized carbons (Fsp3) is 0.100. The van der Waals surface area contributed by atoms with E-state index in [0.717, 1.165) is 16.7 Å². The summed E-state index contributed by atoms with van der Waals surface area (Å²) >= 11 is 1.50. The summed E-state index contributed by atoms with van der Waals surface area (Å²) in [6.07, 6.45) is 12.0. The standard InChI is InChI=1S/C30H27N3O2S/c1-4-13-25(14-5-1)19-10-22-34-28-31-29(35-23-11-20-26-15-6-2-7-16-26)33-30(32-28)36-24-12-21-27-17-8-3-9-18-27/h1-21H,22-24H2. The van der Waals surface area contributed by atoms with Crippen LogP contribution in [0, 0.1) is 0 Å². The van der Waals surface area contributed by atoms with Crippen molar-refractivity contribution in [1.82, 2.24) is 15.0 Å². The van der Waals surface area contributed by atoms with Gasteiger partial charge < -0.3 is 9.47 Å². The molecule has 1 aromatic heterocycles. The summed E-state index contributed by atoms with van der Waals surface area (Å²) in [5.74, 6) is 0.708. The molecule has 0 aliphatic carbocycles. The number of thioether (sulfide) groups is 1. The summed E-state index contributed by atoms with van der Waals surface area (Å²) in [6.45, 7) is 0.675. The van der Waals surface area contributed by atoms with E-state index >= 15 is 0 Å². The van der Waals surface area contributed by atoms with Crippen LogP contribution in [-0.2, 0) is 0 Å². The van der Waals surface area contributed by atoms with E-state index in [1.807, 2.05) is 103 Å². The van der Waals surface area contributed by atoms with Gasteiger partial charge in [0.15, 0.2) is 5.16 Å². The fourth-order valence-electron chi connectivity index (χ4n) is 3.13. The largest absolute Gasteiger partial charge is 0.459 e. The molecule has 0 fully saturated rings. The Hall–Kier alpha value is -4.16. The molecule has 180 valence electrons. The molecule has 0 amide bonds. The Morgan fingerprint density at radius 2 is 0.944 bits per heavy atom. The van der Waals surface area contributed by atoms with Gasteiger partial charge in [0.25, 0.3) is 0 Å². The first-order valence-electron chi connectivity index (χ1n) is 11.6. The van der Waals surface area contributed by atoms with Crippen LogP contribution < -0.4 is 9.47 Å². The third-order valence-electron chi connectivity index (χ3n) is 4.83. The second-order valence-corrected chi connectivity index (χ2v) is 8.54. The molecule has 36 heavy (non-hydrogen) atoms. The Morgan fingerprint density at radius 1 is 0.528 bits per heavy atom. The molecule has 5 nitrogen and oxygen atoms in total. The van der Waals surface area contributed by atoms with Crippen LogP contribution in [0.5, 0.6) is 12.0 Å². The summed E-state index contributed by atoms with van der Waals surface area (Å²) in [5, 5.41) is 0.548. The first-order valence-corrected chi connectivity index (χ1v) is 12.6. The van der Waals surface area contributed by atoms with Gasteiger partial charge in [-0.15, -0.1) is 4.98 Å². The topological polar surface area (TPSA) is 57.1 Å². The summed E-state index contributed by atoms with van der Waals surface area (Å²) < 4.78 is 11.6. The zero-order valence-electron chi connectivity index (χ0n) is 19.8. The lowest BCUT2D eigenvalue weighted by Gasteiger charge is -2.07. The van der Waals surface area contributed by atoms with E-state index in [4.69, 9.17) is 9.47 Å². The van der Waals surface area contributed by atoms with Crippen LogP contribution in [0.15, 0.2) is 114 Å². The average molecular weight is 494 g/mol. The van der Waals surface area contributed by atoms with Gasteiger partial charge >= 0.3 is 12.0 Å². The molecule has 4 rings (SSSR count). The van der Waals surface area contributed by atoms with Crippen molar-refractivity contribution in [3.05, 3.63) is 126 Å². The summed E-state index contributed by atoms with van der Waals surface area (Å²) in [7, 11) is 0. The monoisotopic (exact) mass is 493 g/mol. The van der Waals surface area contributed by atoms with E-state index in [1.165, 1.54) is 11.8 Å². The van der Waals surface area contributed by atoms with Crippen molar-refractivity contribution in [3.63, 3.8) is 0 Å². The number of hydrogen-bond acceptors (Lipinski definition) is 6. The highest BCUT2D eigenvalue weighted by atomic mass is 32.2. The molecular weight excluding hydrogens is 466 g/mol. The lowest BCUT2D eigenvalue weighted by Crippen LogP contribution is -2.05. The third kappa shape index (κ3) is 8.89. The molecule has 1 heterocycles. The lowest BCUT2D eigenvalue weighted by molar-refractivity contribution is 0.291. The minimum Gasteiger partial charge on any atom is -0.459 e. The first kappa shape index (κ1) is 24.9. The second-order valence-electron chi connectivity index (χ2n) is 7.56. The van der Waals surface area contributed by atoms with Gasteiger partial charge in [0.2, 0.25) is 0 Å². The van der Waals surface area contributed by atoms with Crippen molar-refractivity contribution in [2.45, 2.75) is 5.16 Å². The average Bonchev–Trinajstić information content (AvgIpc) is 2.93. The van der Waals surface area contributed by atoms with Gasteiger partial charge in [-0.1, -0.05) is 127 Å². The molecule has 6 heteroatoms. The van der Waals surface area contributed by atoms with Crippen molar-refractivity contribution < 1.29 is 9.47 Å². The molecule has 4 aromatic rings. The zero-order valence-corrected chi connectivity index (χ0v) is 20.6. The van der Waals surface area contributed by atoms with E-state index in [2.05, 4.69) is 39.2 Å². The van der Waals surface area contributed by atoms with Crippen LogP contribution in [0.3, 0.4) is 0 Å². The van der Waals surface area contributed by atoms with Crippen molar-refractivity contribution in [2.75, 3.05) is 19.0 Å². The molecule has 0 atom stereocenters. The predicted octanol–water partition coefficient (Wildman–Crippen LogP) is 6.86. The van der Waals surface area contributed by atoms with E-state index in [0.29, 0.717) is 24.1 Å². The Labute approximate surface area is 216 Å². The Kier molecular flexibility index (Phi) is 9.90. The van der Waals surface area contributed by atoms with Gasteiger partial charge in [-0.2, -0.15) is 9.97 Å². The van der Waals surface area contributed by atoms with Gasteiger partial charge in [-0.3, -0.25) is 0 Å². The second kappa shape index (κ2) is 14.3. The van der Waals surface area contributed by atoms with Crippen molar-refractivity contribution >= 4 is 30.0 Å². The molecule has 0 radical (unpaired) electrons. The Balaban J connectivity index is 1.38. The van der Waals surface area contributed by atoms with Crippen LogP contribution in [0.1, 0.15) is 16.7 Å². The van der Waals surface area contributed by atoms with Crippen LogP contribution in [-0.4, -0.2) is 33.9 Å². The Bertz CT molecular complexity index is 1100. The first-order chi connectivity index (χ1) is 17.8. The number of aromatic nitrogens is 3. The predicted molar refractivity (Wildman–Crippen MR) is 148 cm³/mol. The molecule has 0 N–H and O–H groups in total. The van der Waals surface area contributed by atoms with E-state index in [9.17, 15) is 0 Å². The zero-order chi connectivity index (χ0) is 24.7. The highest BCUT2D eigenvalue weighted by molar-refractivity contribution is 7.99. The summed E-state index contributed by atoms with van der Waals surface area (Å²) in [5.41, 5.74) is 3.36. The molecule has 3 aromatic carbocycles. The molecule has 0 aliphatic rings. The highest BCUT2D eigenvalue weighted by Crippen LogP contribution is 2.19. The van der Waals surface area contributed by atoms with Crippen molar-refractivity contribution in [2.24, 2.45) is 0 Å². The van der Waals surface area contributed by atoms with Crippen LogP contribution in [0.25, 0.3) is 18.2 Å². The lowest BCUT2D eigenvalue weighted by atomic mass is 10.2. The number of ether oxygens (including phenoxy) is 2. The normalized spacial score (nSPS) is 11.4. The quantitative estimate of drug-likeness (QED) is 0.201. The van der Waals surface area contributed by atoms with E-state index in [-0.39, 0.29) is 12.0 Å². The van der Waals surface area contributed by atoms with Crippen molar-refractivity contribution in [3.8, 4) is 12.0 Å². The maximum atomic E-state index is 5.78. The van der Waals surface area contributed by atoms with E-state index < -0.39 is 0 Å². The molecule has 0 spiro atoms. The van der Waals surface area contributed by atoms with E-state index in [1.54, 1.807) is 0 Å². The fourth-order valence-corrected chi connectivity index (χ4v) is 3.75. The van der Waals surface area contributed by atoms with Gasteiger partial charge in [-0.05, 0) is 28.8 Å². The number of nitrogens with zero attached hydrogens (tertiary/aromatic N) is 3. The van der Waals surface area contributed by atoms with Crippen LogP contribution in [0.2, 0.25) is 0 Å². The smallest absolute Gasteiger partial charge is 0.323 e. The maximum Gasteiger partial charge on any atom is 0.323 e. The minimum absolute atomic E-state index is 0.235. The molecule has 0 saturated carbocycles. The van der Waals surface area contributed by atoms with Gasteiger partial charge in [0.1, 0.15) is 13.2 Å². The minimum atomic E-state index is 0.235. The summed E-state index contributed by atoms with van der Waals surface area (Å²) in [4.78, 5) is 13.2. The third-order valence-corrected chi connectivity index (χ3v) is 5.63. The van der Waals surface area contributed by atoms with Gasteiger partial charge in [0, 0.05) is 5.75 Å². The Morgan fingerprint density at radius 3 is 1.39 bits per heavy atom. The maximum absolute atomic E-state index is 5.78. The number of rotatable bonds is 12.